The molecule has 2 aromatic carbocycles. The fraction of sp³-hybridized carbons (Fsp3) is 0.520. The molecule has 2 nitrogen and oxygen atoms in total. The van der Waals surface area contributed by atoms with Gasteiger partial charge in [0.1, 0.15) is 23.1 Å². The summed E-state index contributed by atoms with van der Waals surface area (Å²) in [6.45, 7) is 18.5. The van der Waals surface area contributed by atoms with Gasteiger partial charge in [-0.25, -0.2) is 8.78 Å². The number of halogens is 2. The van der Waals surface area contributed by atoms with Crippen molar-refractivity contribution in [2.24, 2.45) is 5.92 Å². The monoisotopic (exact) mass is 408 g/mol. The van der Waals surface area contributed by atoms with Gasteiger partial charge < -0.3 is 9.47 Å². The molecule has 2 rings (SSSR count). The van der Waals surface area contributed by atoms with Crippen molar-refractivity contribution in [3.8, 4) is 11.5 Å². The Hall–Kier alpha value is -2.10. The lowest BCUT2D eigenvalue weighted by atomic mass is 10.1. The predicted octanol–water partition coefficient (Wildman–Crippen LogP) is 7.73. The summed E-state index contributed by atoms with van der Waals surface area (Å²) < 4.78 is 38.4. The molecule has 0 aliphatic heterocycles. The molecular weight excluding hydrogens is 370 g/mol. The fourth-order valence-corrected chi connectivity index (χ4v) is 2.92. The Morgan fingerprint density at radius 2 is 1.03 bits per heavy atom. The number of benzene rings is 2. The molecule has 0 saturated carbocycles. The van der Waals surface area contributed by atoms with Crippen LogP contribution in [0.15, 0.2) is 24.3 Å². The van der Waals surface area contributed by atoms with Crippen molar-refractivity contribution in [2.75, 3.05) is 13.2 Å². The highest BCUT2D eigenvalue weighted by molar-refractivity contribution is 5.41. The first-order valence-electron chi connectivity index (χ1n) is 10.6. The molecule has 0 fully saturated rings. The van der Waals surface area contributed by atoms with E-state index in [0.29, 0.717) is 13.2 Å². The van der Waals surface area contributed by atoms with Crippen LogP contribution < -0.4 is 9.47 Å². The van der Waals surface area contributed by atoms with Gasteiger partial charge in [0.25, 0.3) is 0 Å². The Morgan fingerprint density at radius 1 is 0.690 bits per heavy atom. The van der Waals surface area contributed by atoms with Crippen molar-refractivity contribution >= 4 is 0 Å². The molecule has 4 heteroatoms. The molecular formula is C25H38F2O2. The Morgan fingerprint density at radius 3 is 1.41 bits per heavy atom. The zero-order valence-electron chi connectivity index (χ0n) is 19.6. The molecule has 0 bridgehead atoms. The van der Waals surface area contributed by atoms with Gasteiger partial charge in [0.05, 0.1) is 13.2 Å². The number of ether oxygens (including phenoxy) is 2. The number of rotatable bonds is 7. The quantitative estimate of drug-likeness (QED) is 0.466. The molecule has 0 aliphatic carbocycles. The first kappa shape index (κ1) is 26.9. The van der Waals surface area contributed by atoms with E-state index in [1.54, 1.807) is 0 Å². The van der Waals surface area contributed by atoms with Crippen molar-refractivity contribution in [1.29, 1.82) is 0 Å². The van der Waals surface area contributed by atoms with Gasteiger partial charge in [-0.3, -0.25) is 0 Å². The van der Waals surface area contributed by atoms with Gasteiger partial charge >= 0.3 is 0 Å². The Labute approximate surface area is 176 Å². The van der Waals surface area contributed by atoms with E-state index < -0.39 is 0 Å². The van der Waals surface area contributed by atoms with E-state index in [9.17, 15) is 8.78 Å². The van der Waals surface area contributed by atoms with Crippen LogP contribution in [0.2, 0.25) is 0 Å². The van der Waals surface area contributed by atoms with Crippen molar-refractivity contribution in [3.05, 3.63) is 58.2 Å². The lowest BCUT2D eigenvalue weighted by molar-refractivity contribution is 0.215. The minimum atomic E-state index is -0.242. The van der Waals surface area contributed by atoms with E-state index in [4.69, 9.17) is 9.47 Å². The highest BCUT2D eigenvalue weighted by atomic mass is 19.1. The molecule has 0 N–H and O–H groups in total. The van der Waals surface area contributed by atoms with Gasteiger partial charge in [0.2, 0.25) is 0 Å². The van der Waals surface area contributed by atoms with Gasteiger partial charge in [-0.15, -0.1) is 0 Å². The summed E-state index contributed by atoms with van der Waals surface area (Å²) in [5.74, 6) is 1.30. The molecule has 0 spiro atoms. The zero-order valence-corrected chi connectivity index (χ0v) is 19.6. The molecule has 0 radical (unpaired) electrons. The van der Waals surface area contributed by atoms with Gasteiger partial charge in [-0.2, -0.15) is 0 Å². The maximum Gasteiger partial charge on any atom is 0.125 e. The summed E-state index contributed by atoms with van der Waals surface area (Å²) in [7, 11) is 0. The van der Waals surface area contributed by atoms with Crippen LogP contribution in [0.1, 0.15) is 63.3 Å². The summed E-state index contributed by atoms with van der Waals surface area (Å²) in [5, 5.41) is 0. The van der Waals surface area contributed by atoms with Crippen LogP contribution in [-0.4, -0.2) is 13.2 Å². The van der Waals surface area contributed by atoms with Gasteiger partial charge in [0, 0.05) is 0 Å². The highest BCUT2D eigenvalue weighted by Gasteiger charge is 2.11. The standard InChI is InChI=1S/C21H26F2O2.2C2H6/c1-13(12-25-21-16(4)10-19(23)11-17(21)5)6-7-24-20-14(2)8-18(22)9-15(20)3;2*1-2/h8-11,13H,6-7,12H2,1-5H3;2*1-2H3. The van der Waals surface area contributed by atoms with Crippen molar-refractivity contribution in [2.45, 2.75) is 68.7 Å². The summed E-state index contributed by atoms with van der Waals surface area (Å²) in [6, 6.07) is 5.93. The molecule has 164 valence electrons. The van der Waals surface area contributed by atoms with E-state index in [0.717, 1.165) is 40.2 Å². The molecule has 2 aromatic rings. The highest BCUT2D eigenvalue weighted by Crippen LogP contribution is 2.26. The molecule has 0 amide bonds. The Kier molecular flexibility index (Phi) is 13.0. The average Bonchev–Trinajstić information content (AvgIpc) is 2.66. The maximum absolute atomic E-state index is 13.3. The van der Waals surface area contributed by atoms with Crippen LogP contribution in [0.5, 0.6) is 11.5 Å². The normalized spacial score (nSPS) is 10.9. The van der Waals surface area contributed by atoms with E-state index in [-0.39, 0.29) is 17.6 Å². The molecule has 1 atom stereocenters. The predicted molar refractivity (Wildman–Crippen MR) is 119 cm³/mol. The molecule has 0 aromatic heterocycles. The molecule has 29 heavy (non-hydrogen) atoms. The van der Waals surface area contributed by atoms with Crippen LogP contribution in [0.4, 0.5) is 8.78 Å². The topological polar surface area (TPSA) is 18.5 Å². The smallest absolute Gasteiger partial charge is 0.125 e. The molecule has 0 aliphatic rings. The molecule has 0 heterocycles. The molecule has 0 saturated heterocycles. The Bertz CT molecular complexity index is 696. The third-order valence-electron chi connectivity index (χ3n) is 4.22. The molecule has 1 unspecified atom stereocenters. The van der Waals surface area contributed by atoms with Crippen molar-refractivity contribution in [3.63, 3.8) is 0 Å². The van der Waals surface area contributed by atoms with Crippen LogP contribution in [0, 0.1) is 45.2 Å². The number of hydrogen-bond donors (Lipinski definition) is 0. The van der Waals surface area contributed by atoms with Crippen LogP contribution in [0.3, 0.4) is 0 Å². The van der Waals surface area contributed by atoms with E-state index in [1.807, 2.05) is 55.4 Å². The number of hydrogen-bond acceptors (Lipinski definition) is 2. The second-order valence-corrected chi connectivity index (χ2v) is 6.79. The van der Waals surface area contributed by atoms with Gasteiger partial charge in [-0.1, -0.05) is 34.6 Å². The van der Waals surface area contributed by atoms with Crippen LogP contribution >= 0.6 is 0 Å². The fourth-order valence-electron chi connectivity index (χ4n) is 2.92. The van der Waals surface area contributed by atoms with E-state index in [1.165, 1.54) is 24.3 Å². The van der Waals surface area contributed by atoms with Gasteiger partial charge in [-0.05, 0) is 86.6 Å². The van der Waals surface area contributed by atoms with Crippen LogP contribution in [-0.2, 0) is 0 Å². The first-order valence-corrected chi connectivity index (χ1v) is 10.6. The lowest BCUT2D eigenvalue weighted by Crippen LogP contribution is -2.14. The lowest BCUT2D eigenvalue weighted by Gasteiger charge is -2.18. The first-order chi connectivity index (χ1) is 13.8. The van der Waals surface area contributed by atoms with Crippen molar-refractivity contribution in [1.82, 2.24) is 0 Å². The number of aryl methyl sites for hydroxylation is 4. The minimum absolute atomic E-state index is 0.242. The summed E-state index contributed by atoms with van der Waals surface area (Å²) in [5.41, 5.74) is 3.22. The Balaban J connectivity index is 0.00000184. The third-order valence-corrected chi connectivity index (χ3v) is 4.22. The third kappa shape index (κ3) is 8.84. The second kappa shape index (κ2) is 14.0. The zero-order chi connectivity index (χ0) is 22.6. The van der Waals surface area contributed by atoms with Crippen molar-refractivity contribution < 1.29 is 18.3 Å². The largest absolute Gasteiger partial charge is 0.493 e. The summed E-state index contributed by atoms with van der Waals surface area (Å²) in [4.78, 5) is 0. The van der Waals surface area contributed by atoms with Gasteiger partial charge in [0.15, 0.2) is 0 Å². The maximum atomic E-state index is 13.3. The second-order valence-electron chi connectivity index (χ2n) is 6.79. The average molecular weight is 409 g/mol. The van der Waals surface area contributed by atoms with E-state index in [2.05, 4.69) is 6.92 Å². The van der Waals surface area contributed by atoms with Crippen LogP contribution in [0.25, 0.3) is 0 Å². The summed E-state index contributed by atoms with van der Waals surface area (Å²) >= 11 is 0. The van der Waals surface area contributed by atoms with E-state index >= 15 is 0 Å². The summed E-state index contributed by atoms with van der Waals surface area (Å²) in [6.07, 6.45) is 0.815. The minimum Gasteiger partial charge on any atom is -0.493 e. The SMILES string of the molecule is CC.CC.Cc1cc(F)cc(C)c1OCCC(C)COc1c(C)cc(F)cc1C.